The number of aromatic nitrogens is 1. The number of aryl methyl sites for hydroxylation is 1. The van der Waals surface area contributed by atoms with Crippen LogP contribution in [0, 0.1) is 24.8 Å². The van der Waals surface area contributed by atoms with Gasteiger partial charge in [0.25, 0.3) is 0 Å². The fourth-order valence-electron chi connectivity index (χ4n) is 7.90. The summed E-state index contributed by atoms with van der Waals surface area (Å²) in [4.78, 5) is 18.6. The van der Waals surface area contributed by atoms with Gasteiger partial charge in [0.05, 0.1) is 19.3 Å². The Balaban J connectivity index is 0.000000323. The molecule has 6 heteroatoms. The molecule has 0 fully saturated rings. The Morgan fingerprint density at radius 1 is 0.904 bits per heavy atom. The van der Waals surface area contributed by atoms with Crippen LogP contribution >= 0.6 is 11.3 Å². The second-order valence-electron chi connectivity index (χ2n) is 17.1. The molecule has 0 aliphatic heterocycles. The molecule has 0 bridgehead atoms. The second kappa shape index (κ2) is 16.4. The smallest absolute Gasteiger partial charge is 0.162 e. The van der Waals surface area contributed by atoms with Crippen LogP contribution in [0.3, 0.4) is 0 Å². The van der Waals surface area contributed by atoms with E-state index >= 15 is 0 Å². The van der Waals surface area contributed by atoms with Crippen LogP contribution in [-0.2, 0) is 35.7 Å². The van der Waals surface area contributed by atoms with Crippen LogP contribution in [-0.4, -0.2) is 23.9 Å². The first-order chi connectivity index (χ1) is 24.0. The Morgan fingerprint density at radius 3 is 2.13 bits per heavy atom. The number of hydrogen-bond donors (Lipinski definition) is 1. The molecule has 1 N–H and O–H groups in total. The van der Waals surface area contributed by atoms with Gasteiger partial charge in [-0.1, -0.05) is 116 Å². The zero-order valence-corrected chi connectivity index (χ0v) is 37.8. The van der Waals surface area contributed by atoms with Crippen LogP contribution in [0.1, 0.15) is 110 Å². The fourth-order valence-corrected chi connectivity index (χ4v) is 11.1. The number of carbonyl (C=O) groups excluding carboxylic acids is 1. The number of carbonyl (C=O) groups is 1. The monoisotopic (exact) mass is 911 g/mol. The van der Waals surface area contributed by atoms with Gasteiger partial charge in [-0.15, -0.1) is 40.1 Å². The van der Waals surface area contributed by atoms with Crippen LogP contribution < -0.4 is 5.19 Å². The Morgan fingerprint density at radius 2 is 1.52 bits per heavy atom. The topological polar surface area (TPSA) is 50.2 Å². The maximum absolute atomic E-state index is 11.7. The van der Waals surface area contributed by atoms with Crippen LogP contribution in [0.25, 0.3) is 43.0 Å². The average molecular weight is 911 g/mol. The van der Waals surface area contributed by atoms with Crippen molar-refractivity contribution in [2.24, 2.45) is 11.8 Å². The first kappa shape index (κ1) is 42.1. The number of aliphatic hydroxyl groups is 1. The van der Waals surface area contributed by atoms with Crippen LogP contribution in [0.4, 0.5) is 0 Å². The van der Waals surface area contributed by atoms with Crippen LogP contribution in [0.2, 0.25) is 19.6 Å². The van der Waals surface area contributed by atoms with Crippen molar-refractivity contribution >= 4 is 62.1 Å². The van der Waals surface area contributed by atoms with Crippen molar-refractivity contribution in [2.45, 2.75) is 131 Å². The Labute approximate surface area is 332 Å². The molecule has 5 aromatic rings. The van der Waals surface area contributed by atoms with E-state index in [0.29, 0.717) is 0 Å². The maximum atomic E-state index is 11.7. The molecule has 1 radical (unpaired) electrons. The molecule has 2 heterocycles. The molecule has 2 aromatic heterocycles. The summed E-state index contributed by atoms with van der Waals surface area (Å²) >= 11 is 2.00. The van der Waals surface area contributed by atoms with E-state index < -0.39 is 8.07 Å². The minimum absolute atomic E-state index is 0. The number of fused-ring (bicyclic) bond motifs is 6. The molecule has 0 amide bonds. The summed E-state index contributed by atoms with van der Waals surface area (Å²) in [6.07, 6.45) is 7.34. The van der Waals surface area contributed by atoms with Crippen molar-refractivity contribution in [3.05, 3.63) is 82.4 Å². The third-order valence-corrected chi connectivity index (χ3v) is 15.0. The van der Waals surface area contributed by atoms with Crippen molar-refractivity contribution in [3.8, 4) is 11.3 Å². The van der Waals surface area contributed by atoms with E-state index in [2.05, 4.69) is 109 Å². The molecule has 0 unspecified atom stereocenters. The standard InChI is InChI=1S/C33H36NSSi.C13H24O2.Ir/c1-20-13-14-25-24(17-20)27-28-31(33(4,5)16-15-32(28,2)3)35-30(27)29(34-25)22-18-21-11-9-10-12-23(21)26(19-22)36(6,7)8;1-5-10(6-2)12(14)9-13(15)11(7-3)8-4;/h9-14,17,19H,15-16H2,1-8H3;9-11,14H,5-8H2,1-4H3;/q-1;;/b;12-9-;. The van der Waals surface area contributed by atoms with E-state index in [0.717, 1.165) is 42.5 Å². The molecular formula is C46H60IrNO2SSi-. The number of allylic oxidation sites excluding steroid dienone is 2. The number of pyridine rings is 1. The summed E-state index contributed by atoms with van der Waals surface area (Å²) in [7, 11) is -1.59. The molecule has 0 saturated carbocycles. The first-order valence-corrected chi connectivity index (χ1v) is 23.6. The normalized spacial score (nSPS) is 15.5. The van der Waals surface area contributed by atoms with Crippen LogP contribution in [0.15, 0.2) is 60.4 Å². The molecule has 0 saturated heterocycles. The third kappa shape index (κ3) is 8.36. The van der Waals surface area contributed by atoms with Crippen molar-refractivity contribution in [2.75, 3.05) is 0 Å². The van der Waals surface area contributed by atoms with Gasteiger partial charge in [-0.25, -0.2) is 0 Å². The quantitative estimate of drug-likeness (QED) is 0.0694. The van der Waals surface area contributed by atoms with Crippen molar-refractivity contribution in [1.29, 1.82) is 0 Å². The van der Waals surface area contributed by atoms with Gasteiger partial charge in [-0.3, -0.25) is 9.78 Å². The Kier molecular flexibility index (Phi) is 13.3. The first-order valence-electron chi connectivity index (χ1n) is 19.2. The molecule has 6 rings (SSSR count). The summed E-state index contributed by atoms with van der Waals surface area (Å²) in [6.45, 7) is 27.4. The molecular weight excluding hydrogens is 851 g/mol. The van der Waals surface area contributed by atoms with E-state index in [-0.39, 0.29) is 54.3 Å². The van der Waals surface area contributed by atoms with Crippen molar-refractivity contribution < 1.29 is 30.0 Å². The predicted molar refractivity (Wildman–Crippen MR) is 226 cm³/mol. The van der Waals surface area contributed by atoms with Crippen molar-refractivity contribution in [3.63, 3.8) is 0 Å². The van der Waals surface area contributed by atoms with Gasteiger partial charge < -0.3 is 5.11 Å². The number of benzene rings is 3. The van der Waals surface area contributed by atoms with Gasteiger partial charge in [0, 0.05) is 64.1 Å². The maximum Gasteiger partial charge on any atom is 0.162 e. The summed E-state index contributed by atoms with van der Waals surface area (Å²) in [6, 6.07) is 21.8. The molecule has 3 aromatic carbocycles. The predicted octanol–water partition coefficient (Wildman–Crippen LogP) is 13.1. The minimum Gasteiger partial charge on any atom is -0.512 e. The van der Waals surface area contributed by atoms with E-state index in [4.69, 9.17) is 4.98 Å². The second-order valence-corrected chi connectivity index (χ2v) is 23.2. The Bertz CT molecular complexity index is 2090. The summed E-state index contributed by atoms with van der Waals surface area (Å²) in [5.41, 5.74) is 6.53. The van der Waals surface area contributed by atoms with Gasteiger partial charge in [0.1, 0.15) is 0 Å². The zero-order valence-electron chi connectivity index (χ0n) is 33.6. The summed E-state index contributed by atoms with van der Waals surface area (Å²) < 4.78 is 1.34. The summed E-state index contributed by atoms with van der Waals surface area (Å²) in [5.74, 6) is 0.547. The van der Waals surface area contributed by atoms with Gasteiger partial charge in [-0.05, 0) is 74.0 Å². The number of rotatable bonds is 9. The van der Waals surface area contributed by atoms with Gasteiger partial charge >= 0.3 is 0 Å². The van der Waals surface area contributed by atoms with E-state index in [1.165, 1.54) is 55.9 Å². The number of hydrogen-bond acceptors (Lipinski definition) is 4. The molecule has 0 atom stereocenters. The summed E-state index contributed by atoms with van der Waals surface area (Å²) in [5, 5.41) is 16.5. The average Bonchev–Trinajstić information content (AvgIpc) is 3.51. The SMILES string of the molecule is CCC(CC)C(=O)/C=C(\O)C(CC)CC.Cc1ccc2nc(-c3[c-]c4ccccc4c([Si](C)(C)C)c3)c3sc4c(c3c2c1)C(C)(C)CCC4(C)C.[Ir]. The number of ketones is 1. The number of nitrogens with zero attached hydrogens (tertiary/aromatic N) is 1. The van der Waals surface area contributed by atoms with Crippen molar-refractivity contribution in [1.82, 2.24) is 4.98 Å². The zero-order chi connectivity index (χ0) is 37.5. The minimum atomic E-state index is -1.59. The van der Waals surface area contributed by atoms with E-state index in [1.54, 1.807) is 10.4 Å². The molecule has 52 heavy (non-hydrogen) atoms. The molecule has 3 nitrogen and oxygen atoms in total. The van der Waals surface area contributed by atoms with Gasteiger partial charge in [0.2, 0.25) is 0 Å². The van der Waals surface area contributed by atoms with Gasteiger partial charge in [0.15, 0.2) is 5.78 Å². The third-order valence-electron chi connectivity index (χ3n) is 11.4. The molecule has 281 valence electrons. The van der Waals surface area contributed by atoms with Gasteiger partial charge in [-0.2, -0.15) is 0 Å². The molecule has 0 spiro atoms. The van der Waals surface area contributed by atoms with Crippen LogP contribution in [0.5, 0.6) is 0 Å². The number of thiophene rings is 1. The Hall–Kier alpha value is -2.63. The molecule has 1 aliphatic carbocycles. The molecule has 1 aliphatic rings. The van der Waals surface area contributed by atoms with E-state index in [1.807, 2.05) is 39.0 Å². The number of aliphatic hydroxyl groups excluding tert-OH is 1. The van der Waals surface area contributed by atoms with E-state index in [9.17, 15) is 9.90 Å². The fraction of sp³-hybridized carbons (Fsp3) is 0.478. The largest absolute Gasteiger partial charge is 0.512 e.